The van der Waals surface area contributed by atoms with Gasteiger partial charge in [-0.25, -0.2) is 9.37 Å². The molecule has 2 aromatic heterocycles. The van der Waals surface area contributed by atoms with Crippen molar-refractivity contribution in [1.82, 2.24) is 14.5 Å². The summed E-state index contributed by atoms with van der Waals surface area (Å²) in [6, 6.07) is 5.51. The molecule has 0 radical (unpaired) electrons. The number of hydrogen-bond donors (Lipinski definition) is 2. The summed E-state index contributed by atoms with van der Waals surface area (Å²) >= 11 is 6.31. The van der Waals surface area contributed by atoms with Crippen LogP contribution in [0.3, 0.4) is 0 Å². The topological polar surface area (TPSA) is 71.2 Å². The van der Waals surface area contributed by atoms with Gasteiger partial charge in [-0.3, -0.25) is 4.57 Å². The van der Waals surface area contributed by atoms with Crippen LogP contribution in [-0.2, 0) is 0 Å². The first-order valence-electron chi connectivity index (χ1n) is 7.15. The van der Waals surface area contributed by atoms with Crippen molar-refractivity contribution < 1.29 is 14.6 Å². The second-order valence-corrected chi connectivity index (χ2v) is 5.71. The van der Waals surface area contributed by atoms with Gasteiger partial charge >= 0.3 is 0 Å². The number of rotatable bonds is 4. The number of nitrogens with zero attached hydrogens (tertiary/aromatic N) is 3. The second kappa shape index (κ2) is 6.14. The molecule has 0 saturated heterocycles. The Kier molecular flexibility index (Phi) is 4.19. The Morgan fingerprint density at radius 2 is 2.00 bits per heavy atom. The molecule has 0 aliphatic heterocycles. The first kappa shape index (κ1) is 15.7. The van der Waals surface area contributed by atoms with Crippen LogP contribution in [0.2, 0.25) is 5.02 Å². The van der Waals surface area contributed by atoms with E-state index < -0.39 is 0 Å². The van der Waals surface area contributed by atoms with Gasteiger partial charge in [0.2, 0.25) is 0 Å². The number of aromatic hydroxyl groups is 1. The molecule has 2 N–H and O–H groups in total. The molecule has 0 saturated carbocycles. The fraction of sp³-hybridized carbons (Fsp3) is 0.250. The zero-order valence-corrected chi connectivity index (χ0v) is 13.1. The van der Waals surface area contributed by atoms with Crippen molar-refractivity contribution in [3.63, 3.8) is 0 Å². The van der Waals surface area contributed by atoms with Gasteiger partial charge in [0.05, 0.1) is 5.02 Å². The fourth-order valence-corrected chi connectivity index (χ4v) is 2.90. The lowest BCUT2D eigenvalue weighted by atomic mass is 10.1. The van der Waals surface area contributed by atoms with E-state index in [1.165, 1.54) is 18.3 Å². The van der Waals surface area contributed by atoms with Crippen molar-refractivity contribution in [1.29, 1.82) is 0 Å². The van der Waals surface area contributed by atoms with Gasteiger partial charge in [-0.15, -0.1) is 0 Å². The summed E-state index contributed by atoms with van der Waals surface area (Å²) in [6.45, 7) is 1.83. The normalized spacial score (nSPS) is 12.7. The van der Waals surface area contributed by atoms with Crippen molar-refractivity contribution >= 4 is 22.8 Å². The van der Waals surface area contributed by atoms with E-state index in [4.69, 9.17) is 11.6 Å². The van der Waals surface area contributed by atoms with Crippen molar-refractivity contribution in [3.05, 3.63) is 41.3 Å². The number of benzene rings is 1. The molecule has 0 fully saturated rings. The van der Waals surface area contributed by atoms with Crippen LogP contribution in [0.5, 0.6) is 6.01 Å². The lowest BCUT2D eigenvalue weighted by molar-refractivity contribution is 0.257. The molecule has 1 aromatic carbocycles. The van der Waals surface area contributed by atoms with Gasteiger partial charge in [-0.2, -0.15) is 4.98 Å². The molecule has 2 heterocycles. The summed E-state index contributed by atoms with van der Waals surface area (Å²) in [5, 5.41) is 19.7. The van der Waals surface area contributed by atoms with Crippen LogP contribution >= 0.6 is 11.6 Å². The molecule has 0 unspecified atom stereocenters. The zero-order valence-electron chi connectivity index (χ0n) is 12.4. The van der Waals surface area contributed by atoms with Crippen LogP contribution in [0.25, 0.3) is 22.3 Å². The minimum absolute atomic E-state index is 0.0276. The third-order valence-corrected chi connectivity index (χ3v) is 4.06. The van der Waals surface area contributed by atoms with E-state index in [1.54, 1.807) is 16.7 Å². The number of aromatic nitrogens is 3. The van der Waals surface area contributed by atoms with Crippen LogP contribution in [0.4, 0.5) is 4.39 Å². The second-order valence-electron chi connectivity index (χ2n) is 5.30. The smallest absolute Gasteiger partial charge is 0.296 e. The zero-order chi connectivity index (χ0) is 16.6. The van der Waals surface area contributed by atoms with E-state index >= 15 is 0 Å². The highest BCUT2D eigenvalue weighted by Crippen LogP contribution is 2.37. The Labute approximate surface area is 137 Å². The molecule has 0 bridgehead atoms. The van der Waals surface area contributed by atoms with E-state index in [-0.39, 0.29) is 24.5 Å². The lowest BCUT2D eigenvalue weighted by Crippen LogP contribution is -2.07. The van der Waals surface area contributed by atoms with Crippen LogP contribution < -0.4 is 0 Å². The Morgan fingerprint density at radius 1 is 1.30 bits per heavy atom. The molecule has 120 valence electrons. The van der Waals surface area contributed by atoms with Gasteiger partial charge in [0, 0.05) is 24.4 Å². The van der Waals surface area contributed by atoms with Crippen LogP contribution in [0.1, 0.15) is 19.4 Å². The standard InChI is InChI=1S/C16H15ClFN3O2/c1-9(6-7-22)21-14-13(10-2-4-11(18)5-3-10)12(17)8-19-15(14)20-16(21)23/h2-5,8-9,22H,6-7H2,1H3,(H,19,20,23)/t9-/m0/s1. The highest BCUT2D eigenvalue weighted by molar-refractivity contribution is 6.34. The minimum atomic E-state index is -0.347. The SMILES string of the molecule is C[C@@H](CCO)n1c(O)nc2ncc(Cl)c(-c3ccc(F)cc3)c21. The molecular weight excluding hydrogens is 321 g/mol. The van der Waals surface area contributed by atoms with Gasteiger partial charge < -0.3 is 10.2 Å². The molecule has 3 rings (SSSR count). The maximum Gasteiger partial charge on any atom is 0.296 e. The van der Waals surface area contributed by atoms with Crippen molar-refractivity contribution in [2.24, 2.45) is 0 Å². The lowest BCUT2D eigenvalue weighted by Gasteiger charge is -2.16. The number of aliphatic hydroxyl groups excluding tert-OH is 1. The van der Waals surface area contributed by atoms with Crippen LogP contribution in [-0.4, -0.2) is 31.4 Å². The molecule has 0 aliphatic carbocycles. The first-order valence-corrected chi connectivity index (χ1v) is 7.53. The summed E-state index contributed by atoms with van der Waals surface area (Å²) in [6.07, 6.45) is 1.89. The largest absolute Gasteiger partial charge is 0.480 e. The number of aliphatic hydroxyl groups is 1. The Hall–Kier alpha value is -2.18. The molecule has 23 heavy (non-hydrogen) atoms. The predicted molar refractivity (Wildman–Crippen MR) is 86.0 cm³/mol. The van der Waals surface area contributed by atoms with Gasteiger partial charge in [0.15, 0.2) is 5.65 Å². The van der Waals surface area contributed by atoms with Gasteiger partial charge in [-0.1, -0.05) is 23.7 Å². The quantitative estimate of drug-likeness (QED) is 0.765. The highest BCUT2D eigenvalue weighted by atomic mass is 35.5. The molecule has 3 aromatic rings. The van der Waals surface area contributed by atoms with E-state index in [0.717, 1.165) is 0 Å². The Morgan fingerprint density at radius 3 is 2.65 bits per heavy atom. The Bertz CT molecular complexity index is 849. The van der Waals surface area contributed by atoms with Gasteiger partial charge in [0.1, 0.15) is 11.3 Å². The fourth-order valence-electron chi connectivity index (χ4n) is 2.65. The summed E-state index contributed by atoms with van der Waals surface area (Å²) in [4.78, 5) is 8.20. The monoisotopic (exact) mass is 335 g/mol. The van der Waals surface area contributed by atoms with Crippen molar-refractivity contribution in [3.8, 4) is 17.1 Å². The molecule has 1 atom stereocenters. The number of pyridine rings is 1. The van der Waals surface area contributed by atoms with E-state index in [0.29, 0.717) is 33.7 Å². The summed E-state index contributed by atoms with van der Waals surface area (Å²) in [5.41, 5.74) is 2.22. The van der Waals surface area contributed by atoms with Crippen LogP contribution in [0.15, 0.2) is 30.5 Å². The molecule has 7 heteroatoms. The van der Waals surface area contributed by atoms with E-state index in [2.05, 4.69) is 9.97 Å². The van der Waals surface area contributed by atoms with Gasteiger partial charge in [0.25, 0.3) is 6.01 Å². The minimum Gasteiger partial charge on any atom is -0.480 e. The summed E-state index contributed by atoms with van der Waals surface area (Å²) < 4.78 is 14.8. The van der Waals surface area contributed by atoms with Crippen LogP contribution in [0, 0.1) is 5.82 Å². The first-order chi connectivity index (χ1) is 11.0. The predicted octanol–water partition coefficient (Wildman–Crippen LogP) is 3.54. The number of imidazole rings is 1. The van der Waals surface area contributed by atoms with Crippen molar-refractivity contribution in [2.75, 3.05) is 6.61 Å². The maximum atomic E-state index is 13.2. The molecular formula is C16H15ClFN3O2. The van der Waals surface area contributed by atoms with Gasteiger partial charge in [-0.05, 0) is 31.0 Å². The average molecular weight is 336 g/mol. The third kappa shape index (κ3) is 2.75. The highest BCUT2D eigenvalue weighted by Gasteiger charge is 2.21. The average Bonchev–Trinajstić information content (AvgIpc) is 2.85. The Balaban J connectivity index is 2.31. The maximum absolute atomic E-state index is 13.2. The molecule has 0 aliphatic rings. The summed E-state index contributed by atoms with van der Waals surface area (Å²) in [5.74, 6) is -0.347. The number of halogens is 2. The van der Waals surface area contributed by atoms with E-state index in [9.17, 15) is 14.6 Å². The molecule has 0 spiro atoms. The third-order valence-electron chi connectivity index (χ3n) is 3.77. The number of hydrogen-bond acceptors (Lipinski definition) is 4. The number of fused-ring (bicyclic) bond motifs is 1. The van der Waals surface area contributed by atoms with E-state index in [1.807, 2.05) is 6.92 Å². The van der Waals surface area contributed by atoms with Crippen molar-refractivity contribution in [2.45, 2.75) is 19.4 Å². The molecule has 5 nitrogen and oxygen atoms in total. The molecule has 0 amide bonds. The summed E-state index contributed by atoms with van der Waals surface area (Å²) in [7, 11) is 0.